The van der Waals surface area contributed by atoms with E-state index in [0.717, 1.165) is 12.1 Å². The molecule has 0 aromatic heterocycles. The number of halogens is 3. The summed E-state index contributed by atoms with van der Waals surface area (Å²) >= 11 is 0. The molecule has 1 rings (SSSR count). The second kappa shape index (κ2) is 6.11. The first-order chi connectivity index (χ1) is 9.58. The van der Waals surface area contributed by atoms with Crippen LogP contribution in [0, 0.1) is 11.3 Å². The summed E-state index contributed by atoms with van der Waals surface area (Å²) in [5, 5.41) is 17.0. The zero-order chi connectivity index (χ0) is 16.3. The average Bonchev–Trinajstić information content (AvgIpc) is 2.36. The van der Waals surface area contributed by atoms with Gasteiger partial charge in [0.15, 0.2) is 0 Å². The standard InChI is InChI=1S/C11H9F3N2O4S/c12-11(13,14)9-5-8(2-1-7(9)6-15)21(19,20)16-4-3-10(17)18/h1-2,5,16H,3-4H2,(H,17,18). The van der Waals surface area contributed by atoms with Gasteiger partial charge in [-0.3, -0.25) is 4.79 Å². The van der Waals surface area contributed by atoms with Crippen molar-refractivity contribution in [3.8, 4) is 6.07 Å². The zero-order valence-corrected chi connectivity index (χ0v) is 11.1. The number of alkyl halides is 3. The Hall–Kier alpha value is -2.12. The summed E-state index contributed by atoms with van der Waals surface area (Å²) in [5.41, 5.74) is -2.07. The van der Waals surface area contributed by atoms with Crippen LogP contribution in [0.15, 0.2) is 23.1 Å². The Morgan fingerprint density at radius 1 is 1.38 bits per heavy atom. The molecule has 0 atom stereocenters. The zero-order valence-electron chi connectivity index (χ0n) is 10.3. The fraction of sp³-hybridized carbons (Fsp3) is 0.273. The van der Waals surface area contributed by atoms with Crippen molar-refractivity contribution in [2.75, 3.05) is 6.54 Å². The molecular formula is C11H9F3N2O4S. The van der Waals surface area contributed by atoms with Gasteiger partial charge in [0, 0.05) is 6.54 Å². The predicted octanol–water partition coefficient (Wildman–Crippen LogP) is 1.33. The number of nitriles is 1. The Bertz CT molecular complexity index is 692. The molecule has 0 saturated heterocycles. The van der Waals surface area contributed by atoms with Crippen molar-refractivity contribution in [3.63, 3.8) is 0 Å². The minimum atomic E-state index is -4.88. The smallest absolute Gasteiger partial charge is 0.417 e. The van der Waals surface area contributed by atoms with Crippen LogP contribution in [0.4, 0.5) is 13.2 Å². The van der Waals surface area contributed by atoms with Gasteiger partial charge in [0.05, 0.1) is 28.5 Å². The van der Waals surface area contributed by atoms with Gasteiger partial charge in [-0.1, -0.05) is 0 Å². The van der Waals surface area contributed by atoms with Gasteiger partial charge in [-0.2, -0.15) is 18.4 Å². The number of hydrogen-bond donors (Lipinski definition) is 2. The summed E-state index contributed by atoms with van der Waals surface area (Å²) in [5.74, 6) is -1.26. The molecule has 0 aliphatic rings. The second-order valence-electron chi connectivity index (χ2n) is 3.86. The maximum absolute atomic E-state index is 12.7. The molecule has 0 fully saturated rings. The van der Waals surface area contributed by atoms with E-state index < -0.39 is 51.2 Å². The molecule has 114 valence electrons. The first-order valence-corrected chi connectivity index (χ1v) is 6.89. The fourth-order valence-corrected chi connectivity index (χ4v) is 2.46. The van der Waals surface area contributed by atoms with Crippen molar-refractivity contribution in [2.45, 2.75) is 17.5 Å². The Morgan fingerprint density at radius 2 is 2.00 bits per heavy atom. The van der Waals surface area contributed by atoms with Crippen molar-refractivity contribution < 1.29 is 31.5 Å². The average molecular weight is 322 g/mol. The molecular weight excluding hydrogens is 313 g/mol. The van der Waals surface area contributed by atoms with E-state index in [4.69, 9.17) is 10.4 Å². The third kappa shape index (κ3) is 4.44. The lowest BCUT2D eigenvalue weighted by Crippen LogP contribution is -2.26. The van der Waals surface area contributed by atoms with Gasteiger partial charge in [0.2, 0.25) is 10.0 Å². The van der Waals surface area contributed by atoms with E-state index in [2.05, 4.69) is 0 Å². The van der Waals surface area contributed by atoms with Gasteiger partial charge in [0.25, 0.3) is 0 Å². The van der Waals surface area contributed by atoms with E-state index in [0.29, 0.717) is 6.07 Å². The van der Waals surface area contributed by atoms with Crippen LogP contribution in [0.5, 0.6) is 0 Å². The van der Waals surface area contributed by atoms with Gasteiger partial charge in [-0.05, 0) is 18.2 Å². The molecule has 1 aromatic rings. The van der Waals surface area contributed by atoms with Gasteiger partial charge in [-0.25, -0.2) is 13.1 Å². The molecule has 0 saturated carbocycles. The summed E-state index contributed by atoms with van der Waals surface area (Å²) in [4.78, 5) is 9.58. The topological polar surface area (TPSA) is 107 Å². The van der Waals surface area contributed by atoms with Gasteiger partial charge < -0.3 is 5.11 Å². The number of sulfonamides is 1. The number of aliphatic carboxylic acids is 1. The quantitative estimate of drug-likeness (QED) is 0.850. The Balaban J connectivity index is 3.15. The highest BCUT2D eigenvalue weighted by Gasteiger charge is 2.35. The molecule has 6 nitrogen and oxygen atoms in total. The predicted molar refractivity (Wildman–Crippen MR) is 63.6 cm³/mol. The minimum Gasteiger partial charge on any atom is -0.481 e. The highest BCUT2D eigenvalue weighted by atomic mass is 32.2. The number of benzene rings is 1. The molecule has 2 N–H and O–H groups in total. The van der Waals surface area contributed by atoms with Crippen LogP contribution in [-0.4, -0.2) is 26.0 Å². The Labute approximate surface area is 117 Å². The van der Waals surface area contributed by atoms with E-state index in [1.54, 1.807) is 0 Å². The van der Waals surface area contributed by atoms with Crippen LogP contribution in [0.3, 0.4) is 0 Å². The molecule has 1 aromatic carbocycles. The summed E-state index contributed by atoms with van der Waals surface area (Å²) in [6.07, 6.45) is -5.39. The first kappa shape index (κ1) is 16.9. The van der Waals surface area contributed by atoms with Crippen LogP contribution in [0.2, 0.25) is 0 Å². The van der Waals surface area contributed by atoms with Gasteiger partial charge in [0.1, 0.15) is 0 Å². The molecule has 0 spiro atoms. The summed E-state index contributed by atoms with van der Waals surface area (Å²) in [7, 11) is -4.29. The van der Waals surface area contributed by atoms with Crippen molar-refractivity contribution in [3.05, 3.63) is 29.3 Å². The van der Waals surface area contributed by atoms with E-state index in [9.17, 15) is 26.4 Å². The van der Waals surface area contributed by atoms with E-state index in [1.165, 1.54) is 6.07 Å². The lowest BCUT2D eigenvalue weighted by atomic mass is 10.1. The number of hydrogen-bond acceptors (Lipinski definition) is 4. The highest BCUT2D eigenvalue weighted by Crippen LogP contribution is 2.33. The third-order valence-electron chi connectivity index (χ3n) is 2.36. The lowest BCUT2D eigenvalue weighted by Gasteiger charge is -2.11. The first-order valence-electron chi connectivity index (χ1n) is 5.41. The second-order valence-corrected chi connectivity index (χ2v) is 5.63. The highest BCUT2D eigenvalue weighted by molar-refractivity contribution is 7.89. The number of nitrogens with zero attached hydrogens (tertiary/aromatic N) is 1. The number of carboxylic acid groups (broad SMARTS) is 1. The SMILES string of the molecule is N#Cc1ccc(S(=O)(=O)NCCC(=O)O)cc1C(F)(F)F. The molecule has 10 heteroatoms. The van der Waals surface area contributed by atoms with Crippen LogP contribution >= 0.6 is 0 Å². The summed E-state index contributed by atoms with van der Waals surface area (Å²) < 4.78 is 63.5. The van der Waals surface area contributed by atoms with E-state index in [-0.39, 0.29) is 0 Å². The van der Waals surface area contributed by atoms with Crippen LogP contribution in [0.1, 0.15) is 17.5 Å². The Kier molecular flexibility index (Phi) is 4.93. The van der Waals surface area contributed by atoms with Gasteiger partial charge >= 0.3 is 12.1 Å². The third-order valence-corrected chi connectivity index (χ3v) is 3.82. The molecule has 0 aliphatic heterocycles. The molecule has 21 heavy (non-hydrogen) atoms. The lowest BCUT2D eigenvalue weighted by molar-refractivity contribution is -0.138. The van der Waals surface area contributed by atoms with Crippen molar-refractivity contribution in [1.29, 1.82) is 5.26 Å². The monoisotopic (exact) mass is 322 g/mol. The van der Waals surface area contributed by atoms with Crippen molar-refractivity contribution in [1.82, 2.24) is 4.72 Å². The van der Waals surface area contributed by atoms with Crippen LogP contribution < -0.4 is 4.72 Å². The normalized spacial score (nSPS) is 11.9. The maximum atomic E-state index is 12.7. The van der Waals surface area contributed by atoms with E-state index in [1.807, 2.05) is 4.72 Å². The summed E-state index contributed by atoms with van der Waals surface area (Å²) in [6.45, 7) is -0.459. The maximum Gasteiger partial charge on any atom is 0.417 e. The largest absolute Gasteiger partial charge is 0.481 e. The van der Waals surface area contributed by atoms with Crippen LogP contribution in [-0.2, 0) is 21.0 Å². The van der Waals surface area contributed by atoms with Crippen molar-refractivity contribution in [2.24, 2.45) is 0 Å². The molecule has 0 bridgehead atoms. The fourth-order valence-electron chi connectivity index (χ4n) is 1.40. The van der Waals surface area contributed by atoms with E-state index >= 15 is 0 Å². The van der Waals surface area contributed by atoms with Gasteiger partial charge in [-0.15, -0.1) is 0 Å². The Morgan fingerprint density at radius 3 is 2.48 bits per heavy atom. The summed E-state index contributed by atoms with van der Waals surface area (Å²) in [6, 6.07) is 3.25. The number of rotatable bonds is 5. The minimum absolute atomic E-state index is 0.335. The molecule has 0 radical (unpaired) electrons. The molecule has 0 aliphatic carbocycles. The molecule has 0 amide bonds. The van der Waals surface area contributed by atoms with Crippen LogP contribution in [0.25, 0.3) is 0 Å². The van der Waals surface area contributed by atoms with Crippen molar-refractivity contribution >= 4 is 16.0 Å². The molecule has 0 heterocycles. The number of carboxylic acids is 1. The number of carbonyl (C=O) groups is 1. The number of nitrogens with one attached hydrogen (secondary N) is 1. The molecule has 0 unspecified atom stereocenters.